The minimum atomic E-state index is -0.619. The predicted molar refractivity (Wildman–Crippen MR) is 228 cm³/mol. The van der Waals surface area contributed by atoms with Gasteiger partial charge < -0.3 is 29.5 Å². The number of ether oxygens (including phenoxy) is 2. The Morgan fingerprint density at radius 2 is 1.48 bits per heavy atom. The maximum Gasteiger partial charge on any atom is 0.251 e. The lowest BCUT2D eigenvalue weighted by Gasteiger charge is -2.17. The maximum absolute atomic E-state index is 13.7. The highest BCUT2D eigenvalue weighted by Crippen LogP contribution is 2.46. The third-order valence-electron chi connectivity index (χ3n) is 11.2. The molecule has 1 fully saturated rings. The Labute approximate surface area is 341 Å². The number of benzene rings is 5. The van der Waals surface area contributed by atoms with Crippen molar-refractivity contribution >= 4 is 81.3 Å². The Bertz CT molecular complexity index is 2530. The first-order chi connectivity index (χ1) is 28.1. The first kappa shape index (κ1) is 38.7. The normalized spacial score (nSPS) is 17.7. The standard InChI is InChI=1S/C46H43N3O8S/c1-2-29-27-49(37-25-39(51)34-9-5-6-10-35(34)45(29)37)43(53)15-12-28-11-13-30(40(23-28)57-22-21-56-20-19-48-44(54)26-41(58)46(48)55)14-16-42(52)47-18-17-32-31-7-3-4-8-33(31)38(50)24-36(32)47/h3-16,23-25,29,41,50-51,58H,2,17-22,26-27H2,1H3/b15-12+,16-14+/t29-,41?/m1/s1. The fraction of sp³-hybridized carbons (Fsp3) is 0.261. The lowest BCUT2D eigenvalue weighted by molar-refractivity contribution is -0.139. The highest BCUT2D eigenvalue weighted by molar-refractivity contribution is 7.81. The van der Waals surface area contributed by atoms with Crippen molar-refractivity contribution in [2.24, 2.45) is 0 Å². The summed E-state index contributed by atoms with van der Waals surface area (Å²) in [7, 11) is 0. The molecule has 2 N–H and O–H groups in total. The van der Waals surface area contributed by atoms with Gasteiger partial charge in [-0.05, 0) is 58.5 Å². The summed E-state index contributed by atoms with van der Waals surface area (Å²) < 4.78 is 11.9. The summed E-state index contributed by atoms with van der Waals surface area (Å²) >= 11 is 4.16. The molecule has 11 nitrogen and oxygen atoms in total. The maximum atomic E-state index is 13.7. The number of aromatic hydroxyl groups is 2. The van der Waals surface area contributed by atoms with Crippen LogP contribution in [0.4, 0.5) is 11.4 Å². The van der Waals surface area contributed by atoms with Gasteiger partial charge in [-0.1, -0.05) is 67.6 Å². The fourth-order valence-corrected chi connectivity index (χ4v) is 8.54. The minimum absolute atomic E-state index is 0.0786. The second-order valence-corrected chi connectivity index (χ2v) is 15.3. The highest BCUT2D eigenvalue weighted by Gasteiger charge is 2.36. The number of anilines is 2. The number of thiol groups is 1. The van der Waals surface area contributed by atoms with Crippen LogP contribution in [0.15, 0.2) is 91.0 Å². The molecule has 5 aromatic rings. The van der Waals surface area contributed by atoms with E-state index in [4.69, 9.17) is 9.47 Å². The number of amides is 4. The molecule has 8 rings (SSSR count). The van der Waals surface area contributed by atoms with Crippen LogP contribution < -0.4 is 14.5 Å². The van der Waals surface area contributed by atoms with Gasteiger partial charge in [0.15, 0.2) is 0 Å². The van der Waals surface area contributed by atoms with Crippen LogP contribution in [-0.2, 0) is 30.3 Å². The first-order valence-corrected chi connectivity index (χ1v) is 20.0. The van der Waals surface area contributed by atoms with E-state index in [-0.39, 0.29) is 73.8 Å². The van der Waals surface area contributed by atoms with Crippen LogP contribution in [0, 0.1) is 0 Å². The molecule has 5 aromatic carbocycles. The van der Waals surface area contributed by atoms with Crippen LogP contribution >= 0.6 is 12.6 Å². The van der Waals surface area contributed by atoms with E-state index in [0.29, 0.717) is 47.8 Å². The number of hydrogen-bond donors (Lipinski definition) is 3. The summed E-state index contributed by atoms with van der Waals surface area (Å²) in [6.45, 7) is 3.64. The van der Waals surface area contributed by atoms with Gasteiger partial charge >= 0.3 is 0 Å². The van der Waals surface area contributed by atoms with E-state index in [0.717, 1.165) is 44.0 Å². The monoisotopic (exact) mass is 797 g/mol. The van der Waals surface area contributed by atoms with Gasteiger partial charge in [-0.15, -0.1) is 0 Å². The second-order valence-electron chi connectivity index (χ2n) is 14.6. The van der Waals surface area contributed by atoms with E-state index in [9.17, 15) is 29.4 Å². The average Bonchev–Trinajstić information content (AvgIpc) is 3.90. The molecular formula is C46H43N3O8S. The van der Waals surface area contributed by atoms with E-state index in [1.54, 1.807) is 40.2 Å². The molecule has 3 aliphatic rings. The van der Waals surface area contributed by atoms with Crippen molar-refractivity contribution in [2.45, 2.75) is 37.4 Å². The number of phenols is 2. The molecule has 4 amide bonds. The molecule has 1 unspecified atom stereocenters. The summed E-state index contributed by atoms with van der Waals surface area (Å²) in [6.07, 6.45) is 7.96. The largest absolute Gasteiger partial charge is 0.507 e. The molecule has 296 valence electrons. The van der Waals surface area contributed by atoms with Gasteiger partial charge in [0.05, 0.1) is 36.4 Å². The van der Waals surface area contributed by atoms with Crippen molar-refractivity contribution in [3.63, 3.8) is 0 Å². The molecule has 1 saturated heterocycles. The fourth-order valence-electron chi connectivity index (χ4n) is 8.24. The van der Waals surface area contributed by atoms with Gasteiger partial charge in [-0.3, -0.25) is 24.1 Å². The smallest absolute Gasteiger partial charge is 0.251 e. The molecule has 0 bridgehead atoms. The van der Waals surface area contributed by atoms with Crippen molar-refractivity contribution in [1.82, 2.24) is 4.90 Å². The molecule has 0 aromatic heterocycles. The van der Waals surface area contributed by atoms with Crippen LogP contribution in [0.1, 0.15) is 47.9 Å². The molecule has 0 aliphatic carbocycles. The van der Waals surface area contributed by atoms with Gasteiger partial charge in [0.2, 0.25) is 11.8 Å². The van der Waals surface area contributed by atoms with Crippen LogP contribution in [-0.4, -0.2) is 83.4 Å². The Kier molecular flexibility index (Phi) is 11.0. The molecule has 58 heavy (non-hydrogen) atoms. The summed E-state index contributed by atoms with van der Waals surface area (Å²) in [5.74, 6) is -0.237. The van der Waals surface area contributed by atoms with Crippen LogP contribution in [0.2, 0.25) is 0 Å². The molecule has 3 heterocycles. The van der Waals surface area contributed by atoms with E-state index in [1.165, 1.54) is 12.2 Å². The van der Waals surface area contributed by atoms with Crippen molar-refractivity contribution in [1.29, 1.82) is 0 Å². The Morgan fingerprint density at radius 1 is 0.810 bits per heavy atom. The SMILES string of the molecule is CC[C@@H]1CN(C(=O)/C=C/c2ccc(/C=C/C(=O)N3CCc4c3cc(O)c3ccccc43)c(OCCOCCN3C(=O)CC(S)C3=O)c2)c2cc(O)c3ccccc3c21. The van der Waals surface area contributed by atoms with E-state index in [1.807, 2.05) is 60.7 Å². The van der Waals surface area contributed by atoms with Crippen LogP contribution in [0.25, 0.3) is 33.7 Å². The number of carbonyl (C=O) groups excluding carboxylic acids is 4. The molecule has 0 saturated carbocycles. The summed E-state index contributed by atoms with van der Waals surface area (Å²) in [4.78, 5) is 56.2. The van der Waals surface area contributed by atoms with E-state index < -0.39 is 5.25 Å². The lowest BCUT2D eigenvalue weighted by atomic mass is 9.93. The molecule has 2 atom stereocenters. The number of fused-ring (bicyclic) bond motifs is 6. The van der Waals surface area contributed by atoms with Gasteiger partial charge in [0, 0.05) is 66.0 Å². The number of nitrogens with zero attached hydrogens (tertiary/aromatic N) is 3. The predicted octanol–water partition coefficient (Wildman–Crippen LogP) is 7.01. The van der Waals surface area contributed by atoms with Gasteiger partial charge in [-0.2, -0.15) is 12.6 Å². The Balaban J connectivity index is 1.000. The van der Waals surface area contributed by atoms with Crippen molar-refractivity contribution in [2.75, 3.05) is 49.3 Å². The zero-order valence-corrected chi connectivity index (χ0v) is 32.9. The van der Waals surface area contributed by atoms with E-state index >= 15 is 0 Å². The topological polar surface area (TPSA) is 137 Å². The third kappa shape index (κ3) is 7.41. The van der Waals surface area contributed by atoms with Crippen molar-refractivity contribution in [3.8, 4) is 17.2 Å². The zero-order chi connectivity index (χ0) is 40.5. The summed E-state index contributed by atoms with van der Waals surface area (Å²) in [5, 5.41) is 24.3. The molecule has 3 aliphatic heterocycles. The highest BCUT2D eigenvalue weighted by atomic mass is 32.1. The zero-order valence-electron chi connectivity index (χ0n) is 32.0. The minimum Gasteiger partial charge on any atom is -0.507 e. The summed E-state index contributed by atoms with van der Waals surface area (Å²) in [6, 6.07) is 24.1. The number of phenolic OH excluding ortho intramolecular Hbond substituents is 2. The first-order valence-electron chi connectivity index (χ1n) is 19.5. The van der Waals surface area contributed by atoms with Gasteiger partial charge in [0.25, 0.3) is 11.8 Å². The average molecular weight is 798 g/mol. The lowest BCUT2D eigenvalue weighted by Crippen LogP contribution is -2.34. The molecule has 12 heteroatoms. The third-order valence-corrected chi connectivity index (χ3v) is 11.6. The number of hydrogen-bond acceptors (Lipinski definition) is 9. The second kappa shape index (κ2) is 16.4. The van der Waals surface area contributed by atoms with E-state index in [2.05, 4.69) is 19.6 Å². The van der Waals surface area contributed by atoms with Crippen molar-refractivity contribution < 1.29 is 38.9 Å². The summed E-state index contributed by atoms with van der Waals surface area (Å²) in [5.41, 5.74) is 4.77. The number of carbonyl (C=O) groups is 4. The van der Waals surface area contributed by atoms with Crippen LogP contribution in [0.5, 0.6) is 17.2 Å². The van der Waals surface area contributed by atoms with Crippen LogP contribution in [0.3, 0.4) is 0 Å². The Hall–Kier alpha value is -6.11. The number of rotatable bonds is 12. The quantitative estimate of drug-likeness (QED) is 0.0531. The van der Waals surface area contributed by atoms with Crippen molar-refractivity contribution in [3.05, 3.63) is 113 Å². The number of imide groups is 1. The molecular weight excluding hydrogens is 755 g/mol. The van der Waals surface area contributed by atoms with Gasteiger partial charge in [-0.25, -0.2) is 0 Å². The molecule has 0 spiro atoms. The van der Waals surface area contributed by atoms with Gasteiger partial charge in [0.1, 0.15) is 23.9 Å². The number of likely N-dealkylation sites (tertiary alicyclic amines) is 1. The molecule has 0 radical (unpaired) electrons. The Morgan fingerprint density at radius 3 is 2.21 bits per heavy atom.